The number of carbonyl (C=O) groups is 1. The van der Waals surface area contributed by atoms with Gasteiger partial charge in [0, 0.05) is 42.6 Å². The van der Waals surface area contributed by atoms with Gasteiger partial charge in [-0.25, -0.2) is 4.98 Å². The normalized spacial score (nSPS) is 17.4. The summed E-state index contributed by atoms with van der Waals surface area (Å²) in [7, 11) is 0. The molecule has 7 heteroatoms. The van der Waals surface area contributed by atoms with E-state index in [0.29, 0.717) is 19.6 Å². The molecule has 2 fully saturated rings. The summed E-state index contributed by atoms with van der Waals surface area (Å²) in [5.41, 5.74) is 2.67. The average molecular weight is 424 g/mol. The second-order valence-corrected chi connectivity index (χ2v) is 8.59. The van der Waals surface area contributed by atoms with Crippen LogP contribution >= 0.6 is 0 Å². The van der Waals surface area contributed by atoms with Gasteiger partial charge in [-0.2, -0.15) is 4.98 Å². The second-order valence-electron chi connectivity index (χ2n) is 8.59. The molecule has 0 spiro atoms. The van der Waals surface area contributed by atoms with Crippen molar-refractivity contribution in [2.24, 2.45) is 5.92 Å². The molecule has 2 N–H and O–H groups in total. The first-order valence-corrected chi connectivity index (χ1v) is 11.5. The van der Waals surface area contributed by atoms with E-state index in [-0.39, 0.29) is 5.91 Å². The summed E-state index contributed by atoms with van der Waals surface area (Å²) in [5.74, 6) is 2.32. The van der Waals surface area contributed by atoms with Gasteiger partial charge in [-0.1, -0.05) is 32.1 Å². The number of hydrogen-bond acceptors (Lipinski definition) is 6. The van der Waals surface area contributed by atoms with Crippen molar-refractivity contribution in [1.29, 1.82) is 0 Å². The number of carbonyl (C=O) groups excluding carboxylic acids is 1. The molecular weight excluding hydrogens is 390 g/mol. The number of anilines is 4. The highest BCUT2D eigenvalue weighted by atomic mass is 16.5. The van der Waals surface area contributed by atoms with Crippen molar-refractivity contribution in [2.45, 2.75) is 51.9 Å². The van der Waals surface area contributed by atoms with Crippen LogP contribution in [0.3, 0.4) is 0 Å². The van der Waals surface area contributed by atoms with Crippen molar-refractivity contribution < 1.29 is 9.53 Å². The molecule has 0 radical (unpaired) electrons. The van der Waals surface area contributed by atoms with Crippen molar-refractivity contribution in [2.75, 3.05) is 41.8 Å². The number of ether oxygens (including phenoxy) is 1. The lowest BCUT2D eigenvalue weighted by Gasteiger charge is -2.27. The van der Waals surface area contributed by atoms with Crippen LogP contribution in [-0.4, -0.2) is 42.2 Å². The third-order valence-corrected chi connectivity index (χ3v) is 6.08. The first kappa shape index (κ1) is 21.6. The van der Waals surface area contributed by atoms with E-state index in [1.165, 1.54) is 32.1 Å². The van der Waals surface area contributed by atoms with E-state index in [1.54, 1.807) is 0 Å². The second kappa shape index (κ2) is 10.6. The van der Waals surface area contributed by atoms with Crippen molar-refractivity contribution >= 4 is 29.0 Å². The SMILES string of the molecule is Cc1cc(Nc2ccc(NC(=O)CCC3CCCCC3)cc2)nc(N2CCOCC2)n1. The Balaban J connectivity index is 1.31. The molecule has 0 unspecified atom stereocenters. The lowest BCUT2D eigenvalue weighted by atomic mass is 9.86. The number of hydrogen-bond donors (Lipinski definition) is 2. The molecule has 1 aromatic carbocycles. The minimum absolute atomic E-state index is 0.105. The van der Waals surface area contributed by atoms with E-state index in [2.05, 4.69) is 25.5 Å². The van der Waals surface area contributed by atoms with Gasteiger partial charge in [-0.05, 0) is 43.5 Å². The molecule has 166 valence electrons. The number of aromatic nitrogens is 2. The summed E-state index contributed by atoms with van der Waals surface area (Å²) in [6.45, 7) is 4.99. The van der Waals surface area contributed by atoms with Gasteiger partial charge in [-0.15, -0.1) is 0 Å². The Bertz CT molecular complexity index is 859. The maximum Gasteiger partial charge on any atom is 0.227 e. The topological polar surface area (TPSA) is 79.4 Å². The van der Waals surface area contributed by atoms with Crippen molar-refractivity contribution in [3.8, 4) is 0 Å². The van der Waals surface area contributed by atoms with E-state index in [4.69, 9.17) is 4.74 Å². The van der Waals surface area contributed by atoms with Gasteiger partial charge in [0.2, 0.25) is 11.9 Å². The molecule has 1 saturated heterocycles. The number of amides is 1. The quantitative estimate of drug-likeness (QED) is 0.674. The fourth-order valence-corrected chi connectivity index (χ4v) is 4.34. The van der Waals surface area contributed by atoms with Gasteiger partial charge >= 0.3 is 0 Å². The first-order valence-electron chi connectivity index (χ1n) is 11.5. The minimum Gasteiger partial charge on any atom is -0.378 e. The number of rotatable bonds is 7. The molecule has 2 aliphatic rings. The van der Waals surface area contributed by atoms with Crippen molar-refractivity contribution in [3.05, 3.63) is 36.0 Å². The van der Waals surface area contributed by atoms with E-state index in [0.717, 1.165) is 54.3 Å². The van der Waals surface area contributed by atoms with Crippen LogP contribution < -0.4 is 15.5 Å². The van der Waals surface area contributed by atoms with E-state index in [1.807, 2.05) is 37.3 Å². The Morgan fingerprint density at radius 2 is 1.77 bits per heavy atom. The zero-order valence-corrected chi connectivity index (χ0v) is 18.4. The van der Waals surface area contributed by atoms with E-state index in [9.17, 15) is 4.79 Å². The van der Waals surface area contributed by atoms with Crippen molar-refractivity contribution in [1.82, 2.24) is 9.97 Å². The molecule has 0 atom stereocenters. The predicted molar refractivity (Wildman–Crippen MR) is 124 cm³/mol. The highest BCUT2D eigenvalue weighted by molar-refractivity contribution is 5.90. The van der Waals surface area contributed by atoms with Crippen LogP contribution in [0.2, 0.25) is 0 Å². The van der Waals surface area contributed by atoms with Crippen LogP contribution in [-0.2, 0) is 9.53 Å². The Labute approximate surface area is 184 Å². The van der Waals surface area contributed by atoms with Crippen LogP contribution in [0.1, 0.15) is 50.6 Å². The lowest BCUT2D eigenvalue weighted by molar-refractivity contribution is -0.116. The standard InChI is InChI=1S/C24H33N5O2/c1-18-17-22(28-24(25-18)29-13-15-31-16-14-29)26-20-8-10-21(11-9-20)27-23(30)12-7-19-5-3-2-4-6-19/h8-11,17,19H,2-7,12-16H2,1H3,(H,27,30)(H,25,26,28). The first-order chi connectivity index (χ1) is 15.2. The predicted octanol–water partition coefficient (Wildman–Crippen LogP) is 4.66. The molecule has 1 aliphatic heterocycles. The van der Waals surface area contributed by atoms with Crippen LogP contribution in [0.15, 0.2) is 30.3 Å². The van der Waals surface area contributed by atoms with E-state index < -0.39 is 0 Å². The zero-order chi connectivity index (χ0) is 21.5. The summed E-state index contributed by atoms with van der Waals surface area (Å²) < 4.78 is 5.42. The molecule has 1 aliphatic carbocycles. The number of nitrogens with zero attached hydrogens (tertiary/aromatic N) is 3. The highest BCUT2D eigenvalue weighted by Gasteiger charge is 2.16. The Morgan fingerprint density at radius 3 is 2.52 bits per heavy atom. The summed E-state index contributed by atoms with van der Waals surface area (Å²) in [6.07, 6.45) is 8.17. The van der Waals surface area contributed by atoms with Gasteiger partial charge in [0.05, 0.1) is 13.2 Å². The molecule has 2 heterocycles. The number of nitrogens with one attached hydrogen (secondary N) is 2. The largest absolute Gasteiger partial charge is 0.378 e. The third-order valence-electron chi connectivity index (χ3n) is 6.08. The maximum atomic E-state index is 12.3. The fraction of sp³-hybridized carbons (Fsp3) is 0.542. The third kappa shape index (κ3) is 6.40. The maximum absolute atomic E-state index is 12.3. The Morgan fingerprint density at radius 1 is 1.06 bits per heavy atom. The summed E-state index contributed by atoms with van der Waals surface area (Å²) >= 11 is 0. The lowest BCUT2D eigenvalue weighted by Crippen LogP contribution is -2.37. The van der Waals surface area contributed by atoms with E-state index >= 15 is 0 Å². The number of benzene rings is 1. The smallest absolute Gasteiger partial charge is 0.227 e. The van der Waals surface area contributed by atoms with Crippen molar-refractivity contribution in [3.63, 3.8) is 0 Å². The molecule has 2 aromatic rings. The Hall–Kier alpha value is -2.67. The summed E-state index contributed by atoms with van der Waals surface area (Å²) in [6, 6.07) is 9.71. The molecule has 4 rings (SSSR count). The summed E-state index contributed by atoms with van der Waals surface area (Å²) in [4.78, 5) is 23.7. The molecule has 0 bridgehead atoms. The van der Waals surface area contributed by atoms with Crippen LogP contribution in [0.4, 0.5) is 23.1 Å². The molecule has 1 saturated carbocycles. The molecule has 7 nitrogen and oxygen atoms in total. The Kier molecular flexibility index (Phi) is 7.35. The van der Waals surface area contributed by atoms with Gasteiger partial charge in [0.15, 0.2) is 0 Å². The van der Waals surface area contributed by atoms with Crippen LogP contribution in [0.5, 0.6) is 0 Å². The molecule has 1 amide bonds. The zero-order valence-electron chi connectivity index (χ0n) is 18.4. The summed E-state index contributed by atoms with van der Waals surface area (Å²) in [5, 5.41) is 6.37. The highest BCUT2D eigenvalue weighted by Crippen LogP contribution is 2.27. The molecule has 31 heavy (non-hydrogen) atoms. The van der Waals surface area contributed by atoms with Gasteiger partial charge in [0.1, 0.15) is 5.82 Å². The monoisotopic (exact) mass is 423 g/mol. The average Bonchev–Trinajstić information content (AvgIpc) is 2.80. The fourth-order valence-electron chi connectivity index (χ4n) is 4.34. The molecular formula is C24H33N5O2. The van der Waals surface area contributed by atoms with Crippen LogP contribution in [0, 0.1) is 12.8 Å². The minimum atomic E-state index is 0.105. The van der Waals surface area contributed by atoms with Gasteiger partial charge in [0.25, 0.3) is 0 Å². The number of morpholine rings is 1. The number of aryl methyl sites for hydroxylation is 1. The van der Waals surface area contributed by atoms with Gasteiger partial charge < -0.3 is 20.3 Å². The van der Waals surface area contributed by atoms with Gasteiger partial charge in [-0.3, -0.25) is 4.79 Å². The molecule has 1 aromatic heterocycles. The van der Waals surface area contributed by atoms with Crippen LogP contribution in [0.25, 0.3) is 0 Å².